The van der Waals surface area contributed by atoms with Gasteiger partial charge >= 0.3 is 0 Å². The Kier molecular flexibility index (Phi) is 2.89. The van der Waals surface area contributed by atoms with Crippen LogP contribution in [0.25, 0.3) is 10.8 Å². The number of aliphatic hydroxyl groups excluding tert-OH is 1. The van der Waals surface area contributed by atoms with Crippen LogP contribution in [0.3, 0.4) is 0 Å². The highest BCUT2D eigenvalue weighted by atomic mass is 16.3. The smallest absolute Gasteiger partial charge is 0.108 e. The number of para-hydroxylation sites is 1. The van der Waals surface area contributed by atoms with Crippen LogP contribution in [0.15, 0.2) is 60.9 Å². The second kappa shape index (κ2) is 4.71. The minimum Gasteiger partial charge on any atom is -0.398 e. The highest BCUT2D eigenvalue weighted by Crippen LogP contribution is 2.30. The van der Waals surface area contributed by atoms with Crippen molar-refractivity contribution in [1.82, 2.24) is 4.98 Å². The van der Waals surface area contributed by atoms with Gasteiger partial charge in [-0.3, -0.25) is 4.98 Å². The fourth-order valence-corrected chi connectivity index (χ4v) is 2.29. The predicted molar refractivity (Wildman–Crippen MR) is 76.7 cm³/mol. The number of hydrogen-bond donors (Lipinski definition) is 2. The molecule has 0 aliphatic carbocycles. The van der Waals surface area contributed by atoms with Crippen LogP contribution >= 0.6 is 0 Å². The third kappa shape index (κ3) is 2.04. The summed E-state index contributed by atoms with van der Waals surface area (Å²) >= 11 is 0. The number of aromatic nitrogens is 1. The van der Waals surface area contributed by atoms with Crippen molar-refractivity contribution in [3.63, 3.8) is 0 Å². The van der Waals surface area contributed by atoms with Gasteiger partial charge in [0.05, 0.1) is 0 Å². The second-order valence-electron chi connectivity index (χ2n) is 4.48. The largest absolute Gasteiger partial charge is 0.398 e. The van der Waals surface area contributed by atoms with Crippen LogP contribution in [0, 0.1) is 0 Å². The lowest BCUT2D eigenvalue weighted by Crippen LogP contribution is -2.04. The molecular formula is C16H14N2O. The van der Waals surface area contributed by atoms with Crippen LogP contribution in [0.5, 0.6) is 0 Å². The summed E-state index contributed by atoms with van der Waals surface area (Å²) in [6.07, 6.45) is 2.72. The molecule has 0 spiro atoms. The van der Waals surface area contributed by atoms with Crippen LogP contribution in [-0.2, 0) is 0 Å². The molecule has 0 radical (unpaired) electrons. The van der Waals surface area contributed by atoms with Crippen molar-refractivity contribution in [3.05, 3.63) is 72.1 Å². The SMILES string of the molecule is Nc1ccccc1C(O)c1cncc2ccccc12. The van der Waals surface area contributed by atoms with Crippen LogP contribution in [0.2, 0.25) is 0 Å². The number of hydrogen-bond acceptors (Lipinski definition) is 3. The molecule has 1 unspecified atom stereocenters. The Labute approximate surface area is 111 Å². The first kappa shape index (κ1) is 11.7. The van der Waals surface area contributed by atoms with Crippen molar-refractivity contribution < 1.29 is 5.11 Å². The van der Waals surface area contributed by atoms with Crippen LogP contribution in [0.1, 0.15) is 17.2 Å². The number of rotatable bonds is 2. The number of nitrogen functional groups attached to an aromatic ring is 1. The average Bonchev–Trinajstić information content (AvgIpc) is 2.46. The number of nitrogens with two attached hydrogens (primary N) is 1. The number of benzene rings is 2. The van der Waals surface area contributed by atoms with E-state index in [-0.39, 0.29) is 0 Å². The Morgan fingerprint density at radius 2 is 1.63 bits per heavy atom. The first-order valence-electron chi connectivity index (χ1n) is 6.12. The molecule has 1 atom stereocenters. The molecule has 0 bridgehead atoms. The van der Waals surface area contributed by atoms with Gasteiger partial charge in [-0.05, 0) is 11.5 Å². The molecule has 3 N–H and O–H groups in total. The fourth-order valence-electron chi connectivity index (χ4n) is 2.29. The first-order valence-corrected chi connectivity index (χ1v) is 6.12. The summed E-state index contributed by atoms with van der Waals surface area (Å²) in [4.78, 5) is 4.19. The summed E-state index contributed by atoms with van der Waals surface area (Å²) in [6, 6.07) is 15.2. The van der Waals surface area contributed by atoms with E-state index in [9.17, 15) is 5.11 Å². The van der Waals surface area contributed by atoms with Gasteiger partial charge in [0.2, 0.25) is 0 Å². The summed E-state index contributed by atoms with van der Waals surface area (Å²) in [7, 11) is 0. The maximum atomic E-state index is 10.6. The van der Waals surface area contributed by atoms with Crippen molar-refractivity contribution in [1.29, 1.82) is 0 Å². The molecule has 3 rings (SSSR count). The summed E-state index contributed by atoms with van der Waals surface area (Å²) in [6.45, 7) is 0. The lowest BCUT2D eigenvalue weighted by molar-refractivity contribution is 0.222. The van der Waals surface area contributed by atoms with Gasteiger partial charge in [-0.25, -0.2) is 0 Å². The minimum absolute atomic E-state index is 0.586. The molecule has 0 aliphatic rings. The van der Waals surface area contributed by atoms with E-state index < -0.39 is 6.10 Å². The van der Waals surface area contributed by atoms with Crippen molar-refractivity contribution in [2.45, 2.75) is 6.10 Å². The van der Waals surface area contributed by atoms with E-state index in [2.05, 4.69) is 4.98 Å². The molecule has 0 saturated heterocycles. The topological polar surface area (TPSA) is 59.1 Å². The third-order valence-electron chi connectivity index (χ3n) is 3.28. The second-order valence-corrected chi connectivity index (χ2v) is 4.48. The first-order chi connectivity index (χ1) is 9.27. The molecule has 1 heterocycles. The van der Waals surface area contributed by atoms with E-state index >= 15 is 0 Å². The normalized spacial score (nSPS) is 12.5. The number of aliphatic hydroxyl groups is 1. The van der Waals surface area contributed by atoms with E-state index in [1.807, 2.05) is 42.5 Å². The summed E-state index contributed by atoms with van der Waals surface area (Å²) in [5, 5.41) is 12.6. The number of fused-ring (bicyclic) bond motifs is 1. The van der Waals surface area contributed by atoms with Gasteiger partial charge in [0, 0.05) is 34.6 Å². The van der Waals surface area contributed by atoms with Gasteiger partial charge in [0.15, 0.2) is 0 Å². The van der Waals surface area contributed by atoms with Gasteiger partial charge in [0.1, 0.15) is 6.10 Å². The Morgan fingerprint density at radius 3 is 2.47 bits per heavy atom. The van der Waals surface area contributed by atoms with Gasteiger partial charge < -0.3 is 10.8 Å². The molecule has 3 aromatic rings. The molecule has 2 aromatic carbocycles. The van der Waals surface area contributed by atoms with Crippen LogP contribution in [-0.4, -0.2) is 10.1 Å². The Hall–Kier alpha value is -2.39. The van der Waals surface area contributed by atoms with Gasteiger partial charge in [-0.2, -0.15) is 0 Å². The predicted octanol–water partition coefficient (Wildman–Crippen LogP) is 2.90. The van der Waals surface area contributed by atoms with Crippen molar-refractivity contribution >= 4 is 16.5 Å². The molecule has 3 nitrogen and oxygen atoms in total. The molecule has 1 aromatic heterocycles. The summed E-state index contributed by atoms with van der Waals surface area (Å²) in [5.41, 5.74) is 7.99. The fraction of sp³-hybridized carbons (Fsp3) is 0.0625. The van der Waals surface area contributed by atoms with E-state index in [1.54, 1.807) is 18.5 Å². The van der Waals surface area contributed by atoms with Gasteiger partial charge in [0.25, 0.3) is 0 Å². The molecule has 0 fully saturated rings. The summed E-state index contributed by atoms with van der Waals surface area (Å²) in [5.74, 6) is 0. The standard InChI is InChI=1S/C16H14N2O/c17-15-8-4-3-7-13(15)16(19)14-10-18-9-11-5-1-2-6-12(11)14/h1-10,16,19H,17H2. The van der Waals surface area contributed by atoms with Crippen LogP contribution < -0.4 is 5.73 Å². The van der Waals surface area contributed by atoms with Crippen LogP contribution in [0.4, 0.5) is 5.69 Å². The molecular weight excluding hydrogens is 236 g/mol. The monoisotopic (exact) mass is 250 g/mol. The zero-order chi connectivity index (χ0) is 13.2. The zero-order valence-corrected chi connectivity index (χ0v) is 10.3. The van der Waals surface area contributed by atoms with Crippen molar-refractivity contribution in [2.24, 2.45) is 0 Å². The quantitative estimate of drug-likeness (QED) is 0.687. The lowest BCUT2D eigenvalue weighted by atomic mass is 9.97. The van der Waals surface area contributed by atoms with Crippen molar-refractivity contribution in [2.75, 3.05) is 5.73 Å². The number of anilines is 1. The zero-order valence-electron chi connectivity index (χ0n) is 10.3. The third-order valence-corrected chi connectivity index (χ3v) is 3.28. The maximum absolute atomic E-state index is 10.6. The number of nitrogens with zero attached hydrogens (tertiary/aromatic N) is 1. The van der Waals surface area contributed by atoms with E-state index in [0.29, 0.717) is 11.3 Å². The maximum Gasteiger partial charge on any atom is 0.108 e. The molecule has 19 heavy (non-hydrogen) atoms. The summed E-state index contributed by atoms with van der Waals surface area (Å²) < 4.78 is 0. The lowest BCUT2D eigenvalue weighted by Gasteiger charge is -2.15. The van der Waals surface area contributed by atoms with E-state index in [4.69, 9.17) is 5.73 Å². The molecule has 3 heteroatoms. The number of pyridine rings is 1. The average molecular weight is 250 g/mol. The highest BCUT2D eigenvalue weighted by molar-refractivity contribution is 5.85. The molecule has 94 valence electrons. The van der Waals surface area contributed by atoms with E-state index in [0.717, 1.165) is 16.3 Å². The van der Waals surface area contributed by atoms with Crippen molar-refractivity contribution in [3.8, 4) is 0 Å². The van der Waals surface area contributed by atoms with Gasteiger partial charge in [-0.1, -0.05) is 42.5 Å². The minimum atomic E-state index is -0.764. The highest BCUT2D eigenvalue weighted by Gasteiger charge is 2.15. The van der Waals surface area contributed by atoms with Gasteiger partial charge in [-0.15, -0.1) is 0 Å². The molecule has 0 amide bonds. The van der Waals surface area contributed by atoms with E-state index in [1.165, 1.54) is 0 Å². The Morgan fingerprint density at radius 1 is 0.895 bits per heavy atom. The Bertz CT molecular complexity index is 719. The Balaban J connectivity index is 2.17. The molecule has 0 aliphatic heterocycles. The molecule has 0 saturated carbocycles.